The minimum atomic E-state index is 0.791. The Hall–Kier alpha value is -1.49. The summed E-state index contributed by atoms with van der Waals surface area (Å²) in [4.78, 5) is 2.29. The Balaban J connectivity index is 2.29. The van der Waals surface area contributed by atoms with E-state index in [1.54, 1.807) is 0 Å². The van der Waals surface area contributed by atoms with Crippen molar-refractivity contribution >= 4 is 27.3 Å². The van der Waals surface area contributed by atoms with E-state index in [0.29, 0.717) is 0 Å². The van der Waals surface area contributed by atoms with Gasteiger partial charge in [0, 0.05) is 25.0 Å². The van der Waals surface area contributed by atoms with Crippen molar-refractivity contribution in [2.24, 2.45) is 7.05 Å². The number of nitrogens with zero attached hydrogens (tertiary/aromatic N) is 3. The lowest BCUT2D eigenvalue weighted by molar-refractivity contribution is 0.677. The monoisotopic (exact) mass is 336 g/mol. The SMILES string of the molecule is CCc1nn(C)c(CN(CC)c2cccc(N)c2)c1Br. The van der Waals surface area contributed by atoms with Gasteiger partial charge in [0.1, 0.15) is 0 Å². The number of hydrogen-bond acceptors (Lipinski definition) is 3. The Morgan fingerprint density at radius 2 is 2.10 bits per heavy atom. The maximum atomic E-state index is 5.88. The van der Waals surface area contributed by atoms with Gasteiger partial charge >= 0.3 is 0 Å². The predicted octanol–water partition coefficient (Wildman–Crippen LogP) is 3.35. The molecule has 0 amide bonds. The molecular weight excluding hydrogens is 316 g/mol. The van der Waals surface area contributed by atoms with Crippen LogP contribution >= 0.6 is 15.9 Å². The van der Waals surface area contributed by atoms with E-state index in [1.807, 2.05) is 29.9 Å². The van der Waals surface area contributed by atoms with E-state index in [4.69, 9.17) is 5.73 Å². The maximum absolute atomic E-state index is 5.88. The number of aromatic nitrogens is 2. The smallest absolute Gasteiger partial charge is 0.0767 e. The molecule has 1 aromatic heterocycles. The molecular formula is C15H21BrN4. The van der Waals surface area contributed by atoms with Crippen molar-refractivity contribution in [2.75, 3.05) is 17.2 Å². The average molecular weight is 337 g/mol. The van der Waals surface area contributed by atoms with Gasteiger partial charge in [0.15, 0.2) is 0 Å². The van der Waals surface area contributed by atoms with Crippen molar-refractivity contribution < 1.29 is 0 Å². The number of halogens is 1. The molecule has 0 bridgehead atoms. The van der Waals surface area contributed by atoms with Crippen LogP contribution < -0.4 is 10.6 Å². The van der Waals surface area contributed by atoms with Crippen molar-refractivity contribution in [1.29, 1.82) is 0 Å². The summed E-state index contributed by atoms with van der Waals surface area (Å²) in [6.45, 7) is 5.99. The van der Waals surface area contributed by atoms with Crippen molar-refractivity contribution in [3.8, 4) is 0 Å². The minimum Gasteiger partial charge on any atom is -0.399 e. The lowest BCUT2D eigenvalue weighted by atomic mass is 10.2. The van der Waals surface area contributed by atoms with E-state index >= 15 is 0 Å². The van der Waals surface area contributed by atoms with Gasteiger partial charge in [0.05, 0.1) is 22.4 Å². The molecule has 0 fully saturated rings. The zero-order chi connectivity index (χ0) is 14.7. The first kappa shape index (κ1) is 14.9. The highest BCUT2D eigenvalue weighted by molar-refractivity contribution is 9.10. The van der Waals surface area contributed by atoms with Gasteiger partial charge < -0.3 is 10.6 Å². The zero-order valence-corrected chi connectivity index (χ0v) is 13.8. The first-order chi connectivity index (χ1) is 9.56. The fraction of sp³-hybridized carbons (Fsp3) is 0.400. The van der Waals surface area contributed by atoms with Crippen molar-refractivity contribution in [2.45, 2.75) is 26.8 Å². The molecule has 0 spiro atoms. The van der Waals surface area contributed by atoms with Crippen LogP contribution in [0.5, 0.6) is 0 Å². The molecule has 0 saturated carbocycles. The maximum Gasteiger partial charge on any atom is 0.0767 e. The van der Waals surface area contributed by atoms with E-state index in [0.717, 1.165) is 41.1 Å². The van der Waals surface area contributed by atoms with E-state index in [2.05, 4.69) is 45.8 Å². The van der Waals surface area contributed by atoms with Crippen LogP contribution in [0.4, 0.5) is 11.4 Å². The van der Waals surface area contributed by atoms with Crippen molar-refractivity contribution in [3.05, 3.63) is 40.1 Å². The standard InChI is InChI=1S/C15H21BrN4/c1-4-13-15(16)14(19(3)18-13)10-20(5-2)12-8-6-7-11(17)9-12/h6-9H,4-5,10,17H2,1-3H3. The molecule has 0 radical (unpaired) electrons. The molecule has 0 aliphatic carbocycles. The molecule has 2 rings (SSSR count). The Morgan fingerprint density at radius 1 is 1.35 bits per heavy atom. The van der Waals surface area contributed by atoms with E-state index in [-0.39, 0.29) is 0 Å². The van der Waals surface area contributed by atoms with Gasteiger partial charge in [-0.2, -0.15) is 5.10 Å². The van der Waals surface area contributed by atoms with E-state index < -0.39 is 0 Å². The van der Waals surface area contributed by atoms with Crippen LogP contribution in [0.15, 0.2) is 28.7 Å². The van der Waals surface area contributed by atoms with Gasteiger partial charge in [-0.05, 0) is 47.5 Å². The summed E-state index contributed by atoms with van der Waals surface area (Å²) in [5.74, 6) is 0. The highest BCUT2D eigenvalue weighted by Gasteiger charge is 2.15. The molecule has 2 N–H and O–H groups in total. The lowest BCUT2D eigenvalue weighted by Crippen LogP contribution is -2.23. The van der Waals surface area contributed by atoms with Gasteiger partial charge in [-0.1, -0.05) is 13.0 Å². The summed E-state index contributed by atoms with van der Waals surface area (Å²) in [6.07, 6.45) is 0.929. The van der Waals surface area contributed by atoms with Crippen LogP contribution in [0.3, 0.4) is 0 Å². The van der Waals surface area contributed by atoms with Gasteiger partial charge in [-0.25, -0.2) is 0 Å². The zero-order valence-electron chi connectivity index (χ0n) is 12.2. The summed E-state index contributed by atoms with van der Waals surface area (Å²) in [6, 6.07) is 8.00. The van der Waals surface area contributed by atoms with Crippen LogP contribution in [-0.4, -0.2) is 16.3 Å². The number of nitrogen functional groups attached to an aromatic ring is 1. The number of aryl methyl sites for hydroxylation is 2. The number of rotatable bonds is 5. The van der Waals surface area contributed by atoms with E-state index in [1.165, 1.54) is 5.69 Å². The third-order valence-corrected chi connectivity index (χ3v) is 4.38. The highest BCUT2D eigenvalue weighted by atomic mass is 79.9. The summed E-state index contributed by atoms with van der Waals surface area (Å²) in [5.41, 5.74) is 10.1. The second kappa shape index (κ2) is 6.31. The molecule has 0 atom stereocenters. The number of anilines is 2. The second-order valence-corrected chi connectivity index (χ2v) is 5.59. The Kier molecular flexibility index (Phi) is 4.70. The third-order valence-electron chi connectivity index (χ3n) is 3.46. The predicted molar refractivity (Wildman–Crippen MR) is 87.9 cm³/mol. The molecule has 20 heavy (non-hydrogen) atoms. The molecule has 2 aromatic rings. The largest absolute Gasteiger partial charge is 0.399 e. The lowest BCUT2D eigenvalue weighted by Gasteiger charge is -2.23. The summed E-state index contributed by atoms with van der Waals surface area (Å²) in [5, 5.41) is 4.55. The molecule has 1 heterocycles. The number of benzene rings is 1. The van der Waals surface area contributed by atoms with Crippen LogP contribution in [0.2, 0.25) is 0 Å². The summed E-state index contributed by atoms with van der Waals surface area (Å²) in [7, 11) is 1.99. The first-order valence-corrected chi connectivity index (χ1v) is 7.66. The molecule has 1 aromatic carbocycles. The molecule has 5 heteroatoms. The second-order valence-electron chi connectivity index (χ2n) is 4.79. The van der Waals surface area contributed by atoms with Gasteiger partial charge in [-0.15, -0.1) is 0 Å². The van der Waals surface area contributed by atoms with Crippen LogP contribution in [0.1, 0.15) is 25.2 Å². The van der Waals surface area contributed by atoms with E-state index in [9.17, 15) is 0 Å². The molecule has 0 aliphatic rings. The average Bonchev–Trinajstić information content (AvgIpc) is 2.71. The Labute approximate surface area is 128 Å². The fourth-order valence-electron chi connectivity index (χ4n) is 2.28. The molecule has 0 saturated heterocycles. The highest BCUT2D eigenvalue weighted by Crippen LogP contribution is 2.25. The fourth-order valence-corrected chi connectivity index (χ4v) is 3.02. The normalized spacial score (nSPS) is 10.8. The first-order valence-electron chi connectivity index (χ1n) is 6.87. The van der Waals surface area contributed by atoms with Gasteiger partial charge in [0.2, 0.25) is 0 Å². The van der Waals surface area contributed by atoms with Crippen molar-refractivity contribution in [1.82, 2.24) is 9.78 Å². The van der Waals surface area contributed by atoms with Crippen LogP contribution in [0.25, 0.3) is 0 Å². The van der Waals surface area contributed by atoms with Crippen LogP contribution in [0, 0.1) is 0 Å². The number of nitrogens with two attached hydrogens (primary N) is 1. The Bertz CT molecular complexity index is 592. The molecule has 0 unspecified atom stereocenters. The van der Waals surface area contributed by atoms with Crippen molar-refractivity contribution in [3.63, 3.8) is 0 Å². The van der Waals surface area contributed by atoms with Crippen LogP contribution in [-0.2, 0) is 20.0 Å². The number of hydrogen-bond donors (Lipinski definition) is 1. The van der Waals surface area contributed by atoms with Gasteiger partial charge in [0.25, 0.3) is 0 Å². The molecule has 4 nitrogen and oxygen atoms in total. The topological polar surface area (TPSA) is 47.1 Å². The summed E-state index contributed by atoms with van der Waals surface area (Å²) >= 11 is 3.67. The minimum absolute atomic E-state index is 0.791. The Morgan fingerprint density at radius 3 is 2.65 bits per heavy atom. The quantitative estimate of drug-likeness (QED) is 0.851. The molecule has 108 valence electrons. The van der Waals surface area contributed by atoms with Gasteiger partial charge in [-0.3, -0.25) is 4.68 Å². The molecule has 0 aliphatic heterocycles. The third kappa shape index (κ3) is 2.98. The summed E-state index contributed by atoms with van der Waals surface area (Å²) < 4.78 is 3.07.